The fraction of sp³-hybridized carbons (Fsp3) is 0.407. The van der Waals surface area contributed by atoms with E-state index in [0.717, 1.165) is 51.1 Å². The van der Waals surface area contributed by atoms with Crippen molar-refractivity contribution >= 4 is 23.2 Å². The van der Waals surface area contributed by atoms with Crippen molar-refractivity contribution in [1.29, 1.82) is 0 Å². The molecule has 1 amide bonds. The Morgan fingerprint density at radius 1 is 1.00 bits per heavy atom. The summed E-state index contributed by atoms with van der Waals surface area (Å²) in [5.74, 6) is -0.145. The second-order valence-electron chi connectivity index (χ2n) is 9.03. The highest BCUT2D eigenvalue weighted by molar-refractivity contribution is 6.33. The van der Waals surface area contributed by atoms with Crippen molar-refractivity contribution in [2.24, 2.45) is 0 Å². The van der Waals surface area contributed by atoms with E-state index in [9.17, 15) is 4.79 Å². The van der Waals surface area contributed by atoms with Gasteiger partial charge in [-0.05, 0) is 56.5 Å². The molecule has 34 heavy (non-hydrogen) atoms. The highest BCUT2D eigenvalue weighted by Gasteiger charge is 2.20. The van der Waals surface area contributed by atoms with Crippen LogP contribution in [0.4, 0.5) is 5.69 Å². The van der Waals surface area contributed by atoms with Crippen LogP contribution in [0.5, 0.6) is 0 Å². The van der Waals surface area contributed by atoms with Crippen molar-refractivity contribution in [2.75, 3.05) is 44.2 Å². The molecule has 1 aromatic heterocycles. The van der Waals surface area contributed by atoms with Crippen molar-refractivity contribution in [1.82, 2.24) is 20.0 Å². The molecule has 180 valence electrons. The Morgan fingerprint density at radius 2 is 1.76 bits per heavy atom. The van der Waals surface area contributed by atoms with E-state index in [2.05, 4.69) is 51.4 Å². The van der Waals surface area contributed by atoms with Gasteiger partial charge in [0.1, 0.15) is 5.15 Å². The SMILES string of the molecule is Cc1cccc(N2CCN(CCCCNC(=O)c3c(C)nn(Cc4ccccc4)c3Cl)CC2)c1. The third-order valence-corrected chi connectivity index (χ3v) is 6.78. The van der Waals surface area contributed by atoms with Gasteiger partial charge >= 0.3 is 0 Å². The fourth-order valence-electron chi connectivity index (χ4n) is 4.48. The standard InChI is InChI=1S/C27H34ClN5O/c1-21-9-8-12-24(19-21)32-17-15-31(16-18-32)14-7-6-13-29-27(34)25-22(2)30-33(26(25)28)20-23-10-4-3-5-11-23/h3-5,8-12,19H,6-7,13-18,20H2,1-2H3,(H,29,34). The lowest BCUT2D eigenvalue weighted by Crippen LogP contribution is -2.46. The normalized spacial score (nSPS) is 14.4. The van der Waals surface area contributed by atoms with Gasteiger partial charge in [-0.25, -0.2) is 4.68 Å². The van der Waals surface area contributed by atoms with E-state index in [1.165, 1.54) is 11.3 Å². The maximum Gasteiger partial charge on any atom is 0.256 e. The average Bonchev–Trinajstić information content (AvgIpc) is 3.12. The molecule has 2 heterocycles. The highest BCUT2D eigenvalue weighted by atomic mass is 35.5. The maximum atomic E-state index is 12.7. The first-order valence-electron chi connectivity index (χ1n) is 12.1. The molecule has 0 atom stereocenters. The number of carbonyl (C=O) groups is 1. The van der Waals surface area contributed by atoms with Crippen molar-refractivity contribution in [3.05, 3.63) is 82.1 Å². The van der Waals surface area contributed by atoms with Crippen LogP contribution < -0.4 is 10.2 Å². The fourth-order valence-corrected chi connectivity index (χ4v) is 4.80. The number of aromatic nitrogens is 2. The van der Waals surface area contributed by atoms with Crippen LogP contribution in [-0.2, 0) is 6.54 Å². The van der Waals surface area contributed by atoms with Crippen LogP contribution in [-0.4, -0.2) is 59.9 Å². The summed E-state index contributed by atoms with van der Waals surface area (Å²) in [7, 11) is 0. The number of rotatable bonds is 9. The maximum absolute atomic E-state index is 12.7. The second-order valence-corrected chi connectivity index (χ2v) is 9.38. The van der Waals surface area contributed by atoms with E-state index in [0.29, 0.717) is 29.5 Å². The minimum absolute atomic E-state index is 0.145. The van der Waals surface area contributed by atoms with Gasteiger partial charge in [-0.2, -0.15) is 5.10 Å². The summed E-state index contributed by atoms with van der Waals surface area (Å²) in [6.07, 6.45) is 2.00. The number of nitrogens with one attached hydrogen (secondary N) is 1. The van der Waals surface area contributed by atoms with Gasteiger partial charge < -0.3 is 10.2 Å². The summed E-state index contributed by atoms with van der Waals surface area (Å²) in [6.45, 7) is 10.5. The lowest BCUT2D eigenvalue weighted by Gasteiger charge is -2.36. The molecule has 0 spiro atoms. The molecular formula is C27H34ClN5O. The van der Waals surface area contributed by atoms with Crippen molar-refractivity contribution in [2.45, 2.75) is 33.2 Å². The molecule has 0 bridgehead atoms. The molecule has 1 saturated heterocycles. The first-order valence-corrected chi connectivity index (χ1v) is 12.5. The number of aryl methyl sites for hydroxylation is 2. The molecule has 0 radical (unpaired) electrons. The van der Waals surface area contributed by atoms with Crippen molar-refractivity contribution in [3.8, 4) is 0 Å². The Bertz CT molecular complexity index is 1090. The van der Waals surface area contributed by atoms with Gasteiger partial charge in [0.2, 0.25) is 0 Å². The molecule has 1 N–H and O–H groups in total. The number of carbonyl (C=O) groups excluding carboxylic acids is 1. The van der Waals surface area contributed by atoms with Gasteiger partial charge in [0.25, 0.3) is 5.91 Å². The third kappa shape index (κ3) is 6.19. The van der Waals surface area contributed by atoms with Crippen LogP contribution in [0.3, 0.4) is 0 Å². The topological polar surface area (TPSA) is 53.4 Å². The highest BCUT2D eigenvalue weighted by Crippen LogP contribution is 2.21. The van der Waals surface area contributed by atoms with E-state index in [1.807, 2.05) is 37.3 Å². The number of amides is 1. The largest absolute Gasteiger partial charge is 0.369 e. The van der Waals surface area contributed by atoms with E-state index >= 15 is 0 Å². The number of hydrogen-bond donors (Lipinski definition) is 1. The molecule has 0 unspecified atom stereocenters. The van der Waals surface area contributed by atoms with Crippen molar-refractivity contribution in [3.63, 3.8) is 0 Å². The van der Waals surface area contributed by atoms with Crippen molar-refractivity contribution < 1.29 is 4.79 Å². The number of halogens is 1. The summed E-state index contributed by atoms with van der Waals surface area (Å²) in [6, 6.07) is 18.7. The number of nitrogens with zero attached hydrogens (tertiary/aromatic N) is 4. The first kappa shape index (κ1) is 24.3. The number of benzene rings is 2. The molecule has 0 aliphatic carbocycles. The Kier molecular flexibility index (Phi) is 8.25. The number of hydrogen-bond acceptors (Lipinski definition) is 4. The van der Waals surface area contributed by atoms with Gasteiger partial charge in [0, 0.05) is 38.4 Å². The molecule has 1 aliphatic heterocycles. The molecule has 4 rings (SSSR count). The van der Waals surface area contributed by atoms with Gasteiger partial charge in [-0.3, -0.25) is 9.69 Å². The number of piperazine rings is 1. The monoisotopic (exact) mass is 479 g/mol. The minimum Gasteiger partial charge on any atom is -0.369 e. The van der Waals surface area contributed by atoms with E-state index < -0.39 is 0 Å². The molecule has 1 aliphatic rings. The van der Waals surface area contributed by atoms with Crippen LogP contribution in [0.15, 0.2) is 54.6 Å². The average molecular weight is 480 g/mol. The van der Waals surface area contributed by atoms with E-state index in [4.69, 9.17) is 11.6 Å². The molecular weight excluding hydrogens is 446 g/mol. The quantitative estimate of drug-likeness (QED) is 0.458. The molecule has 6 nitrogen and oxygen atoms in total. The van der Waals surface area contributed by atoms with Crippen LogP contribution in [0.25, 0.3) is 0 Å². The zero-order valence-electron chi connectivity index (χ0n) is 20.1. The minimum atomic E-state index is -0.145. The summed E-state index contributed by atoms with van der Waals surface area (Å²) in [5.41, 5.74) is 4.86. The first-order chi connectivity index (χ1) is 16.5. The van der Waals surface area contributed by atoms with Crippen LogP contribution in [0.2, 0.25) is 5.15 Å². The van der Waals surface area contributed by atoms with Crippen LogP contribution >= 0.6 is 11.6 Å². The third-order valence-electron chi connectivity index (χ3n) is 6.39. The smallest absolute Gasteiger partial charge is 0.256 e. The number of unbranched alkanes of at least 4 members (excludes halogenated alkanes) is 1. The Balaban J connectivity index is 1.17. The summed E-state index contributed by atoms with van der Waals surface area (Å²) in [5, 5.41) is 7.90. The van der Waals surface area contributed by atoms with Gasteiger partial charge in [-0.1, -0.05) is 54.1 Å². The Hall–Kier alpha value is -2.83. The molecule has 2 aromatic carbocycles. The van der Waals surface area contributed by atoms with Gasteiger partial charge in [-0.15, -0.1) is 0 Å². The van der Waals surface area contributed by atoms with Crippen LogP contribution in [0, 0.1) is 13.8 Å². The molecule has 3 aromatic rings. The predicted molar refractivity (Wildman–Crippen MR) is 139 cm³/mol. The van der Waals surface area contributed by atoms with Gasteiger partial charge in [0.05, 0.1) is 17.8 Å². The zero-order chi connectivity index (χ0) is 23.9. The zero-order valence-corrected chi connectivity index (χ0v) is 20.9. The Morgan fingerprint density at radius 3 is 2.50 bits per heavy atom. The lowest BCUT2D eigenvalue weighted by atomic mass is 10.2. The second kappa shape index (κ2) is 11.5. The summed E-state index contributed by atoms with van der Waals surface area (Å²) >= 11 is 6.51. The summed E-state index contributed by atoms with van der Waals surface area (Å²) < 4.78 is 1.69. The molecule has 7 heteroatoms. The lowest BCUT2D eigenvalue weighted by molar-refractivity contribution is 0.0952. The number of anilines is 1. The van der Waals surface area contributed by atoms with E-state index in [-0.39, 0.29) is 5.91 Å². The molecule has 0 saturated carbocycles. The van der Waals surface area contributed by atoms with Gasteiger partial charge in [0.15, 0.2) is 0 Å². The summed E-state index contributed by atoms with van der Waals surface area (Å²) in [4.78, 5) is 17.7. The van der Waals surface area contributed by atoms with E-state index in [1.54, 1.807) is 4.68 Å². The van der Waals surface area contributed by atoms with Crippen LogP contribution in [0.1, 0.15) is 40.0 Å². The predicted octanol–water partition coefficient (Wildman–Crippen LogP) is 4.53. The molecule has 1 fully saturated rings. The Labute approximate surface area is 207 Å².